The van der Waals surface area contributed by atoms with Crippen molar-refractivity contribution in [2.24, 2.45) is 0 Å². The van der Waals surface area contributed by atoms with Crippen molar-refractivity contribution < 1.29 is 13.6 Å². The first-order valence-electron chi connectivity index (χ1n) is 8.27. The number of carbonyl (C=O) groups excluding carboxylic acids is 1. The van der Waals surface area contributed by atoms with Gasteiger partial charge in [0.1, 0.15) is 11.6 Å². The lowest BCUT2D eigenvalue weighted by Gasteiger charge is -2.32. The van der Waals surface area contributed by atoms with E-state index in [0.717, 1.165) is 56.5 Å². The van der Waals surface area contributed by atoms with Crippen LogP contribution in [-0.4, -0.2) is 48.9 Å². The van der Waals surface area contributed by atoms with Gasteiger partial charge in [0.05, 0.1) is 5.56 Å². The van der Waals surface area contributed by atoms with E-state index in [1.54, 1.807) is 12.1 Å². The first-order valence-corrected chi connectivity index (χ1v) is 8.27. The molecule has 0 aliphatic carbocycles. The van der Waals surface area contributed by atoms with Crippen LogP contribution in [0.1, 0.15) is 15.9 Å². The van der Waals surface area contributed by atoms with Crippen LogP contribution in [0, 0.1) is 11.6 Å². The molecule has 25 heavy (non-hydrogen) atoms. The first-order chi connectivity index (χ1) is 12.0. The lowest BCUT2D eigenvalue weighted by molar-refractivity contribution is 0.102. The summed E-state index contributed by atoms with van der Waals surface area (Å²) in [6, 6.07) is 10.3. The van der Waals surface area contributed by atoms with Gasteiger partial charge in [0, 0.05) is 38.4 Å². The third-order valence-corrected chi connectivity index (χ3v) is 4.39. The highest BCUT2D eigenvalue weighted by Gasteiger charge is 2.15. The van der Waals surface area contributed by atoms with Crippen molar-refractivity contribution in [3.63, 3.8) is 0 Å². The highest BCUT2D eigenvalue weighted by molar-refractivity contribution is 6.04. The van der Waals surface area contributed by atoms with Gasteiger partial charge in [-0.1, -0.05) is 12.1 Å². The van der Waals surface area contributed by atoms with Crippen molar-refractivity contribution in [3.8, 4) is 0 Å². The number of amides is 1. The van der Waals surface area contributed by atoms with Gasteiger partial charge >= 0.3 is 0 Å². The lowest BCUT2D eigenvalue weighted by atomic mass is 10.1. The van der Waals surface area contributed by atoms with Gasteiger partial charge in [0.25, 0.3) is 5.91 Å². The summed E-state index contributed by atoms with van der Waals surface area (Å²) in [5.74, 6) is -2.05. The Balaban J connectivity index is 1.60. The Hall–Kier alpha value is -2.31. The molecule has 1 aliphatic heterocycles. The maximum atomic E-state index is 13.6. The molecule has 6 heteroatoms. The van der Waals surface area contributed by atoms with Gasteiger partial charge in [0.15, 0.2) is 0 Å². The standard InChI is InChI=1S/C19H21F2N3O/c1-23-8-10-24(11-9-23)13-14-2-5-16(6-3-14)22-19(25)17-12-15(20)4-7-18(17)21/h2-7,12H,8-11,13H2,1H3,(H,22,25). The van der Waals surface area contributed by atoms with E-state index in [0.29, 0.717) is 5.69 Å². The summed E-state index contributed by atoms with van der Waals surface area (Å²) in [4.78, 5) is 16.8. The largest absolute Gasteiger partial charge is 0.322 e. The predicted octanol–water partition coefficient (Wildman–Crippen LogP) is 2.96. The van der Waals surface area contributed by atoms with E-state index in [9.17, 15) is 13.6 Å². The predicted molar refractivity (Wildman–Crippen MR) is 93.5 cm³/mol. The van der Waals surface area contributed by atoms with Crippen LogP contribution in [0.25, 0.3) is 0 Å². The normalized spacial score (nSPS) is 16.0. The molecule has 4 nitrogen and oxygen atoms in total. The number of piperazine rings is 1. The molecule has 0 spiro atoms. The van der Waals surface area contributed by atoms with E-state index < -0.39 is 17.5 Å². The minimum absolute atomic E-state index is 0.304. The quantitative estimate of drug-likeness (QED) is 0.925. The zero-order chi connectivity index (χ0) is 17.8. The maximum Gasteiger partial charge on any atom is 0.258 e. The number of hydrogen-bond acceptors (Lipinski definition) is 3. The zero-order valence-electron chi connectivity index (χ0n) is 14.1. The summed E-state index contributed by atoms with van der Waals surface area (Å²) >= 11 is 0. The summed E-state index contributed by atoms with van der Waals surface area (Å²) in [5.41, 5.74) is 1.40. The van der Waals surface area contributed by atoms with Crippen LogP contribution < -0.4 is 5.32 Å². The minimum Gasteiger partial charge on any atom is -0.322 e. The molecule has 2 aromatic carbocycles. The number of benzene rings is 2. The Labute approximate surface area is 146 Å². The Bertz CT molecular complexity index is 741. The highest BCUT2D eigenvalue weighted by Crippen LogP contribution is 2.16. The van der Waals surface area contributed by atoms with Crippen LogP contribution in [0.4, 0.5) is 14.5 Å². The second-order valence-electron chi connectivity index (χ2n) is 6.35. The Morgan fingerprint density at radius 2 is 1.72 bits per heavy atom. The molecule has 2 aromatic rings. The smallest absolute Gasteiger partial charge is 0.258 e. The summed E-state index contributed by atoms with van der Waals surface area (Å²) in [6.45, 7) is 5.06. The molecule has 0 radical (unpaired) electrons. The molecule has 1 saturated heterocycles. The van der Waals surface area contributed by atoms with Crippen LogP contribution in [0.15, 0.2) is 42.5 Å². The molecule has 1 amide bonds. The van der Waals surface area contributed by atoms with Crippen LogP contribution >= 0.6 is 0 Å². The van der Waals surface area contributed by atoms with Crippen molar-refractivity contribution in [2.75, 3.05) is 38.5 Å². The lowest BCUT2D eigenvalue weighted by Crippen LogP contribution is -2.43. The van der Waals surface area contributed by atoms with Gasteiger partial charge in [0.2, 0.25) is 0 Å². The molecule has 0 atom stereocenters. The third-order valence-electron chi connectivity index (χ3n) is 4.39. The molecule has 132 valence electrons. The Kier molecular flexibility index (Phi) is 5.40. The number of carbonyl (C=O) groups is 1. The SMILES string of the molecule is CN1CCN(Cc2ccc(NC(=O)c3cc(F)ccc3F)cc2)CC1. The monoisotopic (exact) mass is 345 g/mol. The number of hydrogen-bond donors (Lipinski definition) is 1. The molecule has 1 fully saturated rings. The number of likely N-dealkylation sites (N-methyl/N-ethyl adjacent to an activating group) is 1. The van der Waals surface area contributed by atoms with Crippen molar-refractivity contribution in [1.82, 2.24) is 9.80 Å². The molecule has 1 N–H and O–H groups in total. The molecule has 0 aromatic heterocycles. The molecule has 1 aliphatic rings. The Morgan fingerprint density at radius 1 is 1.04 bits per heavy atom. The van der Waals surface area contributed by atoms with Crippen molar-refractivity contribution in [2.45, 2.75) is 6.54 Å². The van der Waals surface area contributed by atoms with E-state index >= 15 is 0 Å². The fourth-order valence-corrected chi connectivity index (χ4v) is 2.83. The van der Waals surface area contributed by atoms with E-state index in [1.807, 2.05) is 12.1 Å². The van der Waals surface area contributed by atoms with Gasteiger partial charge in [-0.3, -0.25) is 9.69 Å². The summed E-state index contributed by atoms with van der Waals surface area (Å²) in [6.07, 6.45) is 0. The second kappa shape index (κ2) is 7.72. The van der Waals surface area contributed by atoms with Crippen LogP contribution in [0.5, 0.6) is 0 Å². The fourth-order valence-electron chi connectivity index (χ4n) is 2.83. The van der Waals surface area contributed by atoms with E-state index in [4.69, 9.17) is 0 Å². The van der Waals surface area contributed by atoms with Gasteiger partial charge in [-0.05, 0) is 42.9 Å². The first kappa shape index (κ1) is 17.5. The number of nitrogens with zero attached hydrogens (tertiary/aromatic N) is 2. The van der Waals surface area contributed by atoms with Gasteiger partial charge < -0.3 is 10.2 Å². The second-order valence-corrected chi connectivity index (χ2v) is 6.35. The third kappa shape index (κ3) is 4.61. The average molecular weight is 345 g/mol. The molecule has 1 heterocycles. The number of nitrogens with one attached hydrogen (secondary N) is 1. The van der Waals surface area contributed by atoms with E-state index in [2.05, 4.69) is 22.2 Å². The van der Waals surface area contributed by atoms with Crippen molar-refractivity contribution in [1.29, 1.82) is 0 Å². The molecular weight excluding hydrogens is 324 g/mol. The fraction of sp³-hybridized carbons (Fsp3) is 0.316. The van der Waals surface area contributed by atoms with Gasteiger partial charge in [-0.15, -0.1) is 0 Å². The van der Waals surface area contributed by atoms with E-state index in [1.165, 1.54) is 0 Å². The maximum absolute atomic E-state index is 13.6. The zero-order valence-corrected chi connectivity index (χ0v) is 14.1. The van der Waals surface area contributed by atoms with Crippen molar-refractivity contribution in [3.05, 3.63) is 65.2 Å². The summed E-state index contributed by atoms with van der Waals surface area (Å²) in [7, 11) is 2.12. The molecule has 0 unspecified atom stereocenters. The molecular formula is C19H21F2N3O. The van der Waals surface area contributed by atoms with E-state index in [-0.39, 0.29) is 5.56 Å². The van der Waals surface area contributed by atoms with Gasteiger partial charge in [-0.2, -0.15) is 0 Å². The van der Waals surface area contributed by atoms with Crippen LogP contribution in [0.3, 0.4) is 0 Å². The molecule has 0 bridgehead atoms. The number of anilines is 1. The Morgan fingerprint density at radius 3 is 2.40 bits per heavy atom. The number of rotatable bonds is 4. The van der Waals surface area contributed by atoms with Crippen molar-refractivity contribution >= 4 is 11.6 Å². The minimum atomic E-state index is -0.745. The molecule has 0 saturated carbocycles. The number of halogens is 2. The topological polar surface area (TPSA) is 35.6 Å². The summed E-state index contributed by atoms with van der Waals surface area (Å²) in [5, 5.41) is 2.60. The molecule has 3 rings (SSSR count). The van der Waals surface area contributed by atoms with Crippen LogP contribution in [0.2, 0.25) is 0 Å². The summed E-state index contributed by atoms with van der Waals surface area (Å²) < 4.78 is 26.8. The van der Waals surface area contributed by atoms with Gasteiger partial charge in [-0.25, -0.2) is 8.78 Å². The average Bonchev–Trinajstić information content (AvgIpc) is 2.60. The highest BCUT2D eigenvalue weighted by atomic mass is 19.1. The van der Waals surface area contributed by atoms with Crippen LogP contribution in [-0.2, 0) is 6.54 Å².